The fourth-order valence-electron chi connectivity index (χ4n) is 3.58. The number of hydrogen-bond donors (Lipinski definition) is 1. The maximum absolute atomic E-state index is 13.3. The summed E-state index contributed by atoms with van der Waals surface area (Å²) in [6.45, 7) is 1.95. The van der Waals surface area contributed by atoms with Gasteiger partial charge in [-0.2, -0.15) is 0 Å². The van der Waals surface area contributed by atoms with Gasteiger partial charge in [0.2, 0.25) is 5.78 Å². The number of anilines is 1. The second-order valence-corrected chi connectivity index (χ2v) is 8.19. The molecule has 36 heavy (non-hydrogen) atoms. The minimum absolute atomic E-state index is 0.250. The molecule has 1 amide bonds. The number of esters is 1. The SMILES string of the molecule is COc1ccc(C(=O)[C@@H](OC(=O)c2ccc(NC(=O)c3ccc(C)cc3)cc2)c2ccccc2)cc1. The fourth-order valence-corrected chi connectivity index (χ4v) is 3.58. The van der Waals surface area contributed by atoms with Crippen molar-refractivity contribution in [3.63, 3.8) is 0 Å². The maximum Gasteiger partial charge on any atom is 0.339 e. The first-order valence-electron chi connectivity index (χ1n) is 11.4. The normalized spacial score (nSPS) is 11.3. The minimum Gasteiger partial charge on any atom is -0.497 e. The van der Waals surface area contributed by atoms with Crippen molar-refractivity contribution in [3.05, 3.63) is 131 Å². The average Bonchev–Trinajstić information content (AvgIpc) is 2.92. The van der Waals surface area contributed by atoms with Gasteiger partial charge in [-0.05, 0) is 67.6 Å². The molecule has 6 heteroatoms. The minimum atomic E-state index is -1.12. The van der Waals surface area contributed by atoms with E-state index in [2.05, 4.69) is 5.32 Å². The van der Waals surface area contributed by atoms with E-state index in [0.29, 0.717) is 28.1 Å². The van der Waals surface area contributed by atoms with Gasteiger partial charge in [0.05, 0.1) is 12.7 Å². The van der Waals surface area contributed by atoms with E-state index in [9.17, 15) is 14.4 Å². The van der Waals surface area contributed by atoms with Gasteiger partial charge >= 0.3 is 5.97 Å². The lowest BCUT2D eigenvalue weighted by molar-refractivity contribution is 0.0280. The molecule has 1 N–H and O–H groups in total. The van der Waals surface area contributed by atoms with Crippen molar-refractivity contribution in [2.24, 2.45) is 0 Å². The first kappa shape index (κ1) is 24.4. The number of nitrogens with one attached hydrogen (secondary N) is 1. The van der Waals surface area contributed by atoms with Crippen LogP contribution in [0.15, 0.2) is 103 Å². The number of rotatable bonds is 8. The van der Waals surface area contributed by atoms with E-state index < -0.39 is 12.1 Å². The predicted octanol–water partition coefficient (Wildman–Crippen LogP) is 6.04. The summed E-state index contributed by atoms with van der Waals surface area (Å²) < 4.78 is 10.8. The summed E-state index contributed by atoms with van der Waals surface area (Å²) in [7, 11) is 1.55. The van der Waals surface area contributed by atoms with Crippen molar-refractivity contribution in [2.75, 3.05) is 12.4 Å². The first-order chi connectivity index (χ1) is 17.4. The number of benzene rings is 4. The largest absolute Gasteiger partial charge is 0.497 e. The number of aryl methyl sites for hydroxylation is 1. The van der Waals surface area contributed by atoms with Crippen LogP contribution in [0.4, 0.5) is 5.69 Å². The Morgan fingerprint density at radius 1 is 0.694 bits per heavy atom. The molecule has 0 bridgehead atoms. The van der Waals surface area contributed by atoms with Gasteiger partial charge in [-0.3, -0.25) is 9.59 Å². The van der Waals surface area contributed by atoms with Gasteiger partial charge in [0.25, 0.3) is 5.91 Å². The molecule has 0 unspecified atom stereocenters. The zero-order valence-corrected chi connectivity index (χ0v) is 19.9. The topological polar surface area (TPSA) is 81.7 Å². The molecule has 0 heterocycles. The number of carbonyl (C=O) groups is 3. The highest BCUT2D eigenvalue weighted by atomic mass is 16.5. The van der Waals surface area contributed by atoms with Crippen LogP contribution in [0.2, 0.25) is 0 Å². The van der Waals surface area contributed by atoms with Gasteiger partial charge in [0, 0.05) is 22.4 Å². The predicted molar refractivity (Wildman–Crippen MR) is 137 cm³/mol. The molecule has 0 fully saturated rings. The number of methoxy groups -OCH3 is 1. The van der Waals surface area contributed by atoms with Crippen LogP contribution in [0.5, 0.6) is 5.75 Å². The molecular weight excluding hydrogens is 454 g/mol. The standard InChI is InChI=1S/C30H25NO5/c1-20-8-10-23(11-9-20)29(33)31-25-16-12-24(13-17-25)30(34)36-28(22-6-4-3-5-7-22)27(32)21-14-18-26(35-2)19-15-21/h3-19,28H,1-2H3,(H,31,33)/t28-/m0/s1. The highest BCUT2D eigenvalue weighted by Crippen LogP contribution is 2.25. The molecule has 0 aliphatic rings. The molecule has 0 aromatic heterocycles. The van der Waals surface area contributed by atoms with E-state index in [1.54, 1.807) is 92.0 Å². The Hall–Kier alpha value is -4.71. The van der Waals surface area contributed by atoms with Gasteiger partial charge < -0.3 is 14.8 Å². The lowest BCUT2D eigenvalue weighted by Gasteiger charge is -2.18. The molecule has 180 valence electrons. The summed E-state index contributed by atoms with van der Waals surface area (Å²) in [5.41, 5.74) is 3.35. The number of ketones is 1. The van der Waals surface area contributed by atoms with Crippen LogP contribution in [0.1, 0.15) is 48.3 Å². The van der Waals surface area contributed by atoms with Crippen LogP contribution in [0.25, 0.3) is 0 Å². The summed E-state index contributed by atoms with van der Waals surface area (Å²) in [6.07, 6.45) is -1.12. The van der Waals surface area contributed by atoms with Crippen molar-refractivity contribution in [1.82, 2.24) is 0 Å². The van der Waals surface area contributed by atoms with Gasteiger partial charge in [-0.1, -0.05) is 48.0 Å². The lowest BCUT2D eigenvalue weighted by Crippen LogP contribution is -2.20. The molecule has 0 saturated carbocycles. The zero-order valence-electron chi connectivity index (χ0n) is 19.9. The van der Waals surface area contributed by atoms with Crippen LogP contribution in [-0.2, 0) is 4.74 Å². The van der Waals surface area contributed by atoms with Crippen LogP contribution >= 0.6 is 0 Å². The molecule has 0 saturated heterocycles. The smallest absolute Gasteiger partial charge is 0.339 e. The Kier molecular flexibility index (Phi) is 7.56. The number of carbonyl (C=O) groups excluding carboxylic acids is 3. The first-order valence-corrected chi connectivity index (χ1v) is 11.4. The number of ether oxygens (including phenoxy) is 2. The third kappa shape index (κ3) is 5.85. The van der Waals surface area contributed by atoms with E-state index in [0.717, 1.165) is 5.56 Å². The Morgan fingerprint density at radius 2 is 1.28 bits per heavy atom. The summed E-state index contributed by atoms with van der Waals surface area (Å²) in [5.74, 6) is -0.629. The third-order valence-corrected chi connectivity index (χ3v) is 5.63. The van der Waals surface area contributed by atoms with E-state index in [4.69, 9.17) is 9.47 Å². The monoisotopic (exact) mass is 479 g/mol. The Bertz CT molecular complexity index is 1350. The zero-order chi connectivity index (χ0) is 25.5. The van der Waals surface area contributed by atoms with E-state index in [1.807, 2.05) is 25.1 Å². The number of amides is 1. The van der Waals surface area contributed by atoms with E-state index >= 15 is 0 Å². The fraction of sp³-hybridized carbons (Fsp3) is 0.100. The summed E-state index contributed by atoms with van der Waals surface area (Å²) in [5, 5.41) is 2.80. The second kappa shape index (κ2) is 11.1. The number of Topliss-reactive ketones (excluding diaryl/α,β-unsaturated/α-hetero) is 1. The average molecular weight is 480 g/mol. The molecule has 4 aromatic rings. The molecule has 1 atom stereocenters. The second-order valence-electron chi connectivity index (χ2n) is 8.19. The maximum atomic E-state index is 13.3. The summed E-state index contributed by atoms with van der Waals surface area (Å²) in [4.78, 5) is 38.7. The quantitative estimate of drug-likeness (QED) is 0.246. The van der Waals surface area contributed by atoms with Gasteiger partial charge in [-0.15, -0.1) is 0 Å². The van der Waals surface area contributed by atoms with Crippen LogP contribution in [0.3, 0.4) is 0 Å². The van der Waals surface area contributed by atoms with Crippen LogP contribution in [-0.4, -0.2) is 24.8 Å². The van der Waals surface area contributed by atoms with E-state index in [1.165, 1.54) is 0 Å². The molecule has 0 aliphatic heterocycles. The van der Waals surface area contributed by atoms with Crippen molar-refractivity contribution in [2.45, 2.75) is 13.0 Å². The number of hydrogen-bond acceptors (Lipinski definition) is 5. The molecule has 0 aliphatic carbocycles. The lowest BCUT2D eigenvalue weighted by atomic mass is 9.99. The van der Waals surface area contributed by atoms with E-state index in [-0.39, 0.29) is 17.3 Å². The Balaban J connectivity index is 1.49. The van der Waals surface area contributed by atoms with Gasteiger partial charge in [0.1, 0.15) is 5.75 Å². The Morgan fingerprint density at radius 3 is 1.89 bits per heavy atom. The van der Waals surface area contributed by atoms with Crippen molar-refractivity contribution in [1.29, 1.82) is 0 Å². The molecule has 4 rings (SSSR count). The van der Waals surface area contributed by atoms with Crippen molar-refractivity contribution < 1.29 is 23.9 Å². The molecule has 0 radical (unpaired) electrons. The Labute approximate surface area is 209 Å². The van der Waals surface area contributed by atoms with Gasteiger partial charge in [-0.25, -0.2) is 4.79 Å². The van der Waals surface area contributed by atoms with Crippen LogP contribution < -0.4 is 10.1 Å². The summed E-state index contributed by atoms with van der Waals surface area (Å²) in [6, 6.07) is 29.1. The van der Waals surface area contributed by atoms with Crippen molar-refractivity contribution >= 4 is 23.3 Å². The van der Waals surface area contributed by atoms with Crippen molar-refractivity contribution in [3.8, 4) is 5.75 Å². The molecule has 0 spiro atoms. The molecule has 4 aromatic carbocycles. The van der Waals surface area contributed by atoms with Crippen LogP contribution in [0, 0.1) is 6.92 Å². The highest BCUT2D eigenvalue weighted by molar-refractivity contribution is 6.05. The molecule has 6 nitrogen and oxygen atoms in total. The highest BCUT2D eigenvalue weighted by Gasteiger charge is 2.27. The summed E-state index contributed by atoms with van der Waals surface area (Å²) >= 11 is 0. The third-order valence-electron chi connectivity index (χ3n) is 5.63. The molecular formula is C30H25NO5. The van der Waals surface area contributed by atoms with Gasteiger partial charge in [0.15, 0.2) is 6.10 Å².